The summed E-state index contributed by atoms with van der Waals surface area (Å²) in [6, 6.07) is 4.47. The van der Waals surface area contributed by atoms with Crippen LogP contribution in [0.2, 0.25) is 0 Å². The van der Waals surface area contributed by atoms with Gasteiger partial charge in [-0.1, -0.05) is 13.8 Å². The van der Waals surface area contributed by atoms with E-state index in [1.807, 2.05) is 0 Å². The highest BCUT2D eigenvalue weighted by molar-refractivity contribution is 7.89. The Labute approximate surface area is 126 Å². The smallest absolute Gasteiger partial charge is 0.242 e. The Morgan fingerprint density at radius 3 is 2.57 bits per heavy atom. The van der Waals surface area contributed by atoms with Crippen molar-refractivity contribution in [1.29, 1.82) is 0 Å². The number of sulfonamides is 1. The first-order valence-corrected chi connectivity index (χ1v) is 8.36. The van der Waals surface area contributed by atoms with Crippen molar-refractivity contribution in [3.63, 3.8) is 0 Å². The molecule has 120 valence electrons. The third kappa shape index (κ3) is 5.91. The molecule has 1 aromatic carbocycles. The second kappa shape index (κ2) is 8.21. The van der Waals surface area contributed by atoms with E-state index < -0.39 is 10.0 Å². The Morgan fingerprint density at radius 1 is 1.29 bits per heavy atom. The van der Waals surface area contributed by atoms with Crippen molar-refractivity contribution in [2.45, 2.75) is 25.2 Å². The lowest BCUT2D eigenvalue weighted by Crippen LogP contribution is -2.28. The fourth-order valence-corrected chi connectivity index (χ4v) is 2.77. The van der Waals surface area contributed by atoms with Crippen molar-refractivity contribution in [2.24, 2.45) is 5.92 Å². The average molecular weight is 316 g/mol. The molecule has 1 aromatic rings. The zero-order valence-electron chi connectivity index (χ0n) is 12.8. The van der Waals surface area contributed by atoms with E-state index in [0.717, 1.165) is 6.42 Å². The highest BCUT2D eigenvalue weighted by Gasteiger charge is 2.17. The molecule has 0 fully saturated rings. The van der Waals surface area contributed by atoms with Gasteiger partial charge in [-0.15, -0.1) is 0 Å². The average Bonchev–Trinajstić information content (AvgIpc) is 2.41. The summed E-state index contributed by atoms with van der Waals surface area (Å²) in [6.45, 7) is 5.40. The molecule has 0 amide bonds. The first kappa shape index (κ1) is 17.7. The molecule has 0 saturated carbocycles. The van der Waals surface area contributed by atoms with Gasteiger partial charge in [-0.25, -0.2) is 13.1 Å². The number of ether oxygens (including phenoxy) is 2. The molecule has 0 aliphatic heterocycles. The molecule has 0 aromatic heterocycles. The van der Waals surface area contributed by atoms with Crippen LogP contribution in [0.1, 0.15) is 20.3 Å². The summed E-state index contributed by atoms with van der Waals surface area (Å²) >= 11 is 0. The van der Waals surface area contributed by atoms with Gasteiger partial charge in [0.2, 0.25) is 10.0 Å². The Balaban J connectivity index is 2.50. The second-order valence-corrected chi connectivity index (χ2v) is 6.83. The number of anilines is 1. The first-order valence-electron chi connectivity index (χ1n) is 6.87. The molecule has 0 aliphatic rings. The highest BCUT2D eigenvalue weighted by Crippen LogP contribution is 2.23. The van der Waals surface area contributed by atoms with Crippen molar-refractivity contribution in [3.05, 3.63) is 18.2 Å². The van der Waals surface area contributed by atoms with Gasteiger partial charge >= 0.3 is 0 Å². The molecule has 0 bridgehead atoms. The van der Waals surface area contributed by atoms with Gasteiger partial charge < -0.3 is 15.2 Å². The lowest BCUT2D eigenvalue weighted by atomic mass is 10.1. The van der Waals surface area contributed by atoms with Crippen LogP contribution >= 0.6 is 0 Å². The van der Waals surface area contributed by atoms with Gasteiger partial charge in [0, 0.05) is 19.2 Å². The van der Waals surface area contributed by atoms with Crippen molar-refractivity contribution in [1.82, 2.24) is 4.72 Å². The predicted octanol–water partition coefficient (Wildman–Crippen LogP) is 1.62. The first-order chi connectivity index (χ1) is 9.86. The normalized spacial score (nSPS) is 11.8. The lowest BCUT2D eigenvalue weighted by molar-refractivity contribution is 0.128. The summed E-state index contributed by atoms with van der Waals surface area (Å²) in [4.78, 5) is 0.0467. The minimum absolute atomic E-state index is 0.0467. The number of nitrogen functional groups attached to an aromatic ring is 1. The van der Waals surface area contributed by atoms with Crippen molar-refractivity contribution in [2.75, 3.05) is 32.6 Å². The van der Waals surface area contributed by atoms with Crippen LogP contribution < -0.4 is 15.2 Å². The van der Waals surface area contributed by atoms with E-state index >= 15 is 0 Å². The molecule has 21 heavy (non-hydrogen) atoms. The SMILES string of the molecule is COc1ccc(S(=O)(=O)NCCOCCC(C)C)c(N)c1. The molecule has 0 atom stereocenters. The maximum Gasteiger partial charge on any atom is 0.242 e. The maximum absolute atomic E-state index is 12.1. The lowest BCUT2D eigenvalue weighted by Gasteiger charge is -2.11. The molecule has 0 unspecified atom stereocenters. The van der Waals surface area contributed by atoms with E-state index in [-0.39, 0.29) is 17.1 Å². The second-order valence-electron chi connectivity index (χ2n) is 5.10. The zero-order chi connectivity index (χ0) is 15.9. The molecule has 6 nitrogen and oxygen atoms in total. The number of nitrogens with two attached hydrogens (primary N) is 1. The van der Waals surface area contributed by atoms with Crippen LogP contribution in [0, 0.1) is 5.92 Å². The number of hydrogen-bond donors (Lipinski definition) is 2. The molecule has 1 rings (SSSR count). The topological polar surface area (TPSA) is 90.7 Å². The molecule has 3 N–H and O–H groups in total. The quantitative estimate of drug-likeness (QED) is 0.533. The van der Waals surface area contributed by atoms with E-state index in [2.05, 4.69) is 18.6 Å². The predicted molar refractivity (Wildman–Crippen MR) is 82.9 cm³/mol. The van der Waals surface area contributed by atoms with Crippen molar-refractivity contribution >= 4 is 15.7 Å². The third-order valence-electron chi connectivity index (χ3n) is 2.88. The summed E-state index contributed by atoms with van der Waals surface area (Å²) in [5.74, 6) is 1.09. The molecule has 0 radical (unpaired) electrons. The van der Waals surface area contributed by atoms with Gasteiger partial charge in [-0.05, 0) is 24.5 Å². The van der Waals surface area contributed by atoms with E-state index in [0.29, 0.717) is 24.9 Å². The summed E-state index contributed by atoms with van der Waals surface area (Å²) in [7, 11) is -2.13. The van der Waals surface area contributed by atoms with Crippen LogP contribution in [0.25, 0.3) is 0 Å². The number of nitrogens with one attached hydrogen (secondary N) is 1. The fourth-order valence-electron chi connectivity index (χ4n) is 1.65. The summed E-state index contributed by atoms with van der Waals surface area (Å²) in [6.07, 6.45) is 0.957. The summed E-state index contributed by atoms with van der Waals surface area (Å²) in [5, 5.41) is 0. The Kier molecular flexibility index (Phi) is 6.94. The van der Waals surface area contributed by atoms with Gasteiger partial charge in [-0.2, -0.15) is 0 Å². The fraction of sp³-hybridized carbons (Fsp3) is 0.571. The Morgan fingerprint density at radius 2 is 2.00 bits per heavy atom. The van der Waals surface area contributed by atoms with Gasteiger partial charge in [0.15, 0.2) is 0 Å². The minimum Gasteiger partial charge on any atom is -0.497 e. The van der Waals surface area contributed by atoms with Crippen LogP contribution in [-0.2, 0) is 14.8 Å². The van der Waals surface area contributed by atoms with E-state index in [9.17, 15) is 8.42 Å². The number of rotatable bonds is 9. The zero-order valence-corrected chi connectivity index (χ0v) is 13.6. The van der Waals surface area contributed by atoms with E-state index in [1.165, 1.54) is 19.2 Å². The summed E-state index contributed by atoms with van der Waals surface area (Å²) in [5.41, 5.74) is 5.89. The Bertz CT molecular complexity index is 544. The maximum atomic E-state index is 12.1. The van der Waals surface area contributed by atoms with E-state index in [4.69, 9.17) is 15.2 Å². The molecule has 0 saturated heterocycles. The molecular weight excluding hydrogens is 292 g/mol. The number of benzene rings is 1. The number of methoxy groups -OCH3 is 1. The molecule has 0 heterocycles. The van der Waals surface area contributed by atoms with Gasteiger partial charge in [0.1, 0.15) is 10.6 Å². The molecular formula is C14H24N2O4S. The van der Waals surface area contributed by atoms with Crippen molar-refractivity contribution < 1.29 is 17.9 Å². The van der Waals surface area contributed by atoms with Gasteiger partial charge in [0.05, 0.1) is 19.4 Å². The van der Waals surface area contributed by atoms with Gasteiger partial charge in [-0.3, -0.25) is 0 Å². The van der Waals surface area contributed by atoms with Crippen molar-refractivity contribution in [3.8, 4) is 5.75 Å². The summed E-state index contributed by atoms with van der Waals surface area (Å²) < 4.78 is 37.0. The minimum atomic E-state index is -3.63. The molecule has 0 aliphatic carbocycles. The van der Waals surface area contributed by atoms with Crippen LogP contribution in [0.4, 0.5) is 5.69 Å². The van der Waals surface area contributed by atoms with Crippen LogP contribution in [0.5, 0.6) is 5.75 Å². The monoisotopic (exact) mass is 316 g/mol. The highest BCUT2D eigenvalue weighted by atomic mass is 32.2. The Hall–Kier alpha value is -1.31. The molecule has 0 spiro atoms. The molecule has 7 heteroatoms. The van der Waals surface area contributed by atoms with Crippen LogP contribution in [0.15, 0.2) is 23.1 Å². The number of hydrogen-bond acceptors (Lipinski definition) is 5. The van der Waals surface area contributed by atoms with Gasteiger partial charge in [0.25, 0.3) is 0 Å². The largest absolute Gasteiger partial charge is 0.497 e. The van der Waals surface area contributed by atoms with Crippen LogP contribution in [-0.4, -0.2) is 35.3 Å². The third-order valence-corrected chi connectivity index (χ3v) is 4.42. The van der Waals surface area contributed by atoms with E-state index in [1.54, 1.807) is 6.07 Å². The standard InChI is InChI=1S/C14H24N2O4S/c1-11(2)6-8-20-9-7-16-21(17,18)14-5-4-12(19-3)10-13(14)15/h4-5,10-11,16H,6-9,15H2,1-3H3. The van der Waals surface area contributed by atoms with Crippen LogP contribution in [0.3, 0.4) is 0 Å².